The van der Waals surface area contributed by atoms with Crippen molar-refractivity contribution in [1.29, 1.82) is 0 Å². The van der Waals surface area contributed by atoms with Crippen LogP contribution in [0.15, 0.2) is 48.5 Å². The molecule has 0 aliphatic heterocycles. The Balaban J connectivity index is 2.01. The predicted octanol–water partition coefficient (Wildman–Crippen LogP) is 3.39. The molecule has 0 heterocycles. The van der Waals surface area contributed by atoms with Gasteiger partial charge in [0.15, 0.2) is 0 Å². The molecule has 2 N–H and O–H groups in total. The fourth-order valence-corrected chi connectivity index (χ4v) is 1.95. The van der Waals surface area contributed by atoms with E-state index in [2.05, 4.69) is 10.6 Å². The molecule has 0 saturated heterocycles. The molecule has 4 heteroatoms. The maximum Gasteiger partial charge on any atom is 0.255 e. The Morgan fingerprint density at radius 3 is 1.95 bits per heavy atom. The van der Waals surface area contributed by atoms with Gasteiger partial charge >= 0.3 is 0 Å². The van der Waals surface area contributed by atoms with Gasteiger partial charge in [-0.15, -0.1) is 0 Å². The lowest BCUT2D eigenvalue weighted by atomic mass is 10.1. The molecule has 0 bridgehead atoms. The van der Waals surface area contributed by atoms with Crippen LogP contribution in [0.3, 0.4) is 0 Å². The Morgan fingerprint density at radius 1 is 0.864 bits per heavy atom. The van der Waals surface area contributed by atoms with Gasteiger partial charge in [-0.2, -0.15) is 0 Å². The van der Waals surface area contributed by atoms with Crippen LogP contribution >= 0.6 is 0 Å². The lowest BCUT2D eigenvalue weighted by Crippen LogP contribution is -2.24. The van der Waals surface area contributed by atoms with Crippen molar-refractivity contribution in [2.75, 3.05) is 11.9 Å². The molecule has 0 aliphatic rings. The fraction of sp³-hybridized carbons (Fsp3) is 0.222. The van der Waals surface area contributed by atoms with Crippen LogP contribution in [0.25, 0.3) is 0 Å². The first-order valence-corrected chi connectivity index (χ1v) is 7.36. The Morgan fingerprint density at radius 2 is 1.41 bits per heavy atom. The first-order chi connectivity index (χ1) is 10.6. The van der Waals surface area contributed by atoms with Crippen LogP contribution in [0.5, 0.6) is 0 Å². The third-order valence-electron chi connectivity index (χ3n) is 3.25. The molecule has 114 valence electrons. The number of anilines is 1. The molecule has 0 radical (unpaired) electrons. The highest BCUT2D eigenvalue weighted by Gasteiger charge is 2.08. The van der Waals surface area contributed by atoms with Crippen LogP contribution in [0.1, 0.15) is 39.6 Å². The summed E-state index contributed by atoms with van der Waals surface area (Å²) >= 11 is 0. The summed E-state index contributed by atoms with van der Waals surface area (Å²) in [5.41, 5.74) is 2.97. The van der Waals surface area contributed by atoms with Crippen LogP contribution in [-0.4, -0.2) is 18.4 Å². The topological polar surface area (TPSA) is 58.2 Å². The van der Waals surface area contributed by atoms with Crippen molar-refractivity contribution in [1.82, 2.24) is 5.32 Å². The smallest absolute Gasteiger partial charge is 0.255 e. The SMILES string of the molecule is CCCNC(=O)c1ccc(C(=O)Nc2ccc(C)cc2)cc1. The van der Waals surface area contributed by atoms with Gasteiger partial charge in [0.25, 0.3) is 11.8 Å². The zero-order valence-electron chi connectivity index (χ0n) is 12.8. The summed E-state index contributed by atoms with van der Waals surface area (Å²) in [6, 6.07) is 14.2. The Kier molecular flexibility index (Phi) is 5.31. The van der Waals surface area contributed by atoms with E-state index in [0.29, 0.717) is 17.7 Å². The number of rotatable bonds is 5. The molecule has 0 unspecified atom stereocenters. The molecule has 0 aromatic heterocycles. The maximum atomic E-state index is 12.1. The monoisotopic (exact) mass is 296 g/mol. The number of hydrogen-bond acceptors (Lipinski definition) is 2. The zero-order valence-corrected chi connectivity index (χ0v) is 12.8. The first kappa shape index (κ1) is 15.8. The second-order valence-electron chi connectivity index (χ2n) is 5.15. The van der Waals surface area contributed by atoms with Crippen LogP contribution in [0.4, 0.5) is 5.69 Å². The molecule has 22 heavy (non-hydrogen) atoms. The highest BCUT2D eigenvalue weighted by molar-refractivity contribution is 6.05. The van der Waals surface area contributed by atoms with Gasteiger partial charge in [0.2, 0.25) is 0 Å². The molecule has 2 amide bonds. The summed E-state index contributed by atoms with van der Waals surface area (Å²) in [5, 5.41) is 5.63. The van der Waals surface area contributed by atoms with Gasteiger partial charge < -0.3 is 10.6 Å². The van der Waals surface area contributed by atoms with Crippen LogP contribution in [-0.2, 0) is 0 Å². The van der Waals surface area contributed by atoms with Crippen molar-refractivity contribution < 1.29 is 9.59 Å². The molecule has 2 aromatic carbocycles. The Hall–Kier alpha value is -2.62. The van der Waals surface area contributed by atoms with Gasteiger partial charge in [-0.05, 0) is 49.7 Å². The quantitative estimate of drug-likeness (QED) is 0.888. The number of nitrogens with one attached hydrogen (secondary N) is 2. The van der Waals surface area contributed by atoms with Gasteiger partial charge in [-0.3, -0.25) is 9.59 Å². The third kappa shape index (κ3) is 4.19. The standard InChI is InChI=1S/C18H20N2O2/c1-3-12-19-17(21)14-6-8-15(9-7-14)18(22)20-16-10-4-13(2)5-11-16/h4-11H,3,12H2,1-2H3,(H,19,21)(H,20,22). The molecular formula is C18H20N2O2. The maximum absolute atomic E-state index is 12.1. The van der Waals surface area contributed by atoms with Gasteiger partial charge in [0.05, 0.1) is 0 Å². The second-order valence-corrected chi connectivity index (χ2v) is 5.15. The molecule has 0 fully saturated rings. The van der Waals surface area contributed by atoms with Crippen LogP contribution < -0.4 is 10.6 Å². The van der Waals surface area contributed by atoms with E-state index in [1.54, 1.807) is 24.3 Å². The summed E-state index contributed by atoms with van der Waals surface area (Å²) in [5.74, 6) is -0.309. The minimum Gasteiger partial charge on any atom is -0.352 e. The summed E-state index contributed by atoms with van der Waals surface area (Å²) in [4.78, 5) is 23.9. The molecule has 0 atom stereocenters. The molecular weight excluding hydrogens is 276 g/mol. The van der Waals surface area contributed by atoms with E-state index in [9.17, 15) is 9.59 Å². The van der Waals surface area contributed by atoms with E-state index in [4.69, 9.17) is 0 Å². The normalized spacial score (nSPS) is 10.1. The predicted molar refractivity (Wildman–Crippen MR) is 88.2 cm³/mol. The van der Waals surface area contributed by atoms with Crippen LogP contribution in [0.2, 0.25) is 0 Å². The molecule has 0 spiro atoms. The van der Waals surface area contributed by atoms with Crippen LogP contribution in [0, 0.1) is 6.92 Å². The molecule has 0 saturated carbocycles. The first-order valence-electron chi connectivity index (χ1n) is 7.36. The second kappa shape index (κ2) is 7.41. The summed E-state index contributed by atoms with van der Waals surface area (Å²) in [7, 11) is 0. The highest BCUT2D eigenvalue weighted by Crippen LogP contribution is 2.11. The van der Waals surface area contributed by atoms with Gasteiger partial charge in [-0.25, -0.2) is 0 Å². The number of benzene rings is 2. The third-order valence-corrected chi connectivity index (χ3v) is 3.25. The zero-order chi connectivity index (χ0) is 15.9. The average Bonchev–Trinajstić information content (AvgIpc) is 2.55. The van der Waals surface area contributed by atoms with E-state index in [0.717, 1.165) is 17.7 Å². The van der Waals surface area contributed by atoms with Gasteiger partial charge in [-0.1, -0.05) is 24.6 Å². The number of carbonyl (C=O) groups excluding carboxylic acids is 2. The van der Waals surface area contributed by atoms with Crippen molar-refractivity contribution in [2.45, 2.75) is 20.3 Å². The van der Waals surface area contributed by atoms with Crippen molar-refractivity contribution >= 4 is 17.5 Å². The largest absolute Gasteiger partial charge is 0.352 e. The van der Waals surface area contributed by atoms with Crippen molar-refractivity contribution in [3.05, 3.63) is 65.2 Å². The summed E-state index contributed by atoms with van der Waals surface area (Å²) < 4.78 is 0. The van der Waals surface area contributed by atoms with Gasteiger partial charge in [0, 0.05) is 23.4 Å². The Labute approximate surface area is 130 Å². The van der Waals surface area contributed by atoms with Crippen molar-refractivity contribution in [3.63, 3.8) is 0 Å². The number of amides is 2. The number of aryl methyl sites for hydroxylation is 1. The number of carbonyl (C=O) groups is 2. The minimum absolute atomic E-state index is 0.118. The average molecular weight is 296 g/mol. The summed E-state index contributed by atoms with van der Waals surface area (Å²) in [6.07, 6.45) is 0.892. The fourth-order valence-electron chi connectivity index (χ4n) is 1.95. The molecule has 0 aliphatic carbocycles. The van der Waals surface area contributed by atoms with Crippen molar-refractivity contribution in [2.24, 2.45) is 0 Å². The molecule has 2 aromatic rings. The molecule has 2 rings (SSSR count). The van der Waals surface area contributed by atoms with Gasteiger partial charge in [0.1, 0.15) is 0 Å². The number of hydrogen-bond donors (Lipinski definition) is 2. The van der Waals surface area contributed by atoms with Crippen molar-refractivity contribution in [3.8, 4) is 0 Å². The van der Waals surface area contributed by atoms with E-state index in [1.165, 1.54) is 0 Å². The Bertz CT molecular complexity index is 646. The summed E-state index contributed by atoms with van der Waals surface area (Å²) in [6.45, 7) is 4.64. The van der Waals surface area contributed by atoms with E-state index in [-0.39, 0.29) is 11.8 Å². The lowest BCUT2D eigenvalue weighted by molar-refractivity contribution is 0.0951. The lowest BCUT2D eigenvalue weighted by Gasteiger charge is -2.07. The highest BCUT2D eigenvalue weighted by atomic mass is 16.2. The minimum atomic E-state index is -0.190. The van der Waals surface area contributed by atoms with E-state index >= 15 is 0 Å². The van der Waals surface area contributed by atoms with E-state index in [1.807, 2.05) is 38.1 Å². The van der Waals surface area contributed by atoms with E-state index < -0.39 is 0 Å². The molecule has 4 nitrogen and oxygen atoms in total.